The van der Waals surface area contributed by atoms with Crippen molar-refractivity contribution in [2.45, 2.75) is 19.8 Å². The smallest absolute Gasteiger partial charge is 0.0733 e. The minimum absolute atomic E-state index is 0.844. The van der Waals surface area contributed by atoms with E-state index in [9.17, 15) is 0 Å². The molecule has 0 aromatic heterocycles. The van der Waals surface area contributed by atoms with Crippen molar-refractivity contribution in [1.29, 1.82) is 0 Å². The van der Waals surface area contributed by atoms with Crippen LogP contribution in [0.5, 0.6) is 0 Å². The molecule has 0 radical (unpaired) electrons. The second kappa shape index (κ2) is 3.91. The van der Waals surface area contributed by atoms with Gasteiger partial charge in [0.25, 0.3) is 0 Å². The molecule has 3 heteroatoms. The van der Waals surface area contributed by atoms with E-state index in [1.165, 1.54) is 20.0 Å². The molecule has 0 aromatic carbocycles. The number of hydrogen-bond donors (Lipinski definition) is 0. The fraction of sp³-hybridized carbons (Fsp3) is 1.00. The van der Waals surface area contributed by atoms with Crippen LogP contribution in [-0.4, -0.2) is 25.3 Å². The maximum absolute atomic E-state index is 4.86. The van der Waals surface area contributed by atoms with Crippen molar-refractivity contribution >= 4 is 0 Å². The lowest BCUT2D eigenvalue weighted by Crippen LogP contribution is -2.32. The molecule has 1 aliphatic rings. The highest BCUT2D eigenvalue weighted by Gasteiger charge is 2.15. The number of rotatable bonds is 2. The van der Waals surface area contributed by atoms with Gasteiger partial charge in [-0.2, -0.15) is 5.06 Å². The Morgan fingerprint density at radius 1 is 1.30 bits per heavy atom. The fourth-order valence-electron chi connectivity index (χ4n) is 1.16. The molecule has 1 fully saturated rings. The van der Waals surface area contributed by atoms with Gasteiger partial charge in [0.1, 0.15) is 0 Å². The minimum Gasteiger partial charge on any atom is -0.221 e. The summed E-state index contributed by atoms with van der Waals surface area (Å²) in [5.41, 5.74) is 0. The maximum atomic E-state index is 4.86. The number of piperidine rings is 1. The second-order valence-corrected chi connectivity index (χ2v) is 2.85. The molecular weight excluding hydrogens is 130 g/mol. The molecule has 0 amide bonds. The fourth-order valence-corrected chi connectivity index (χ4v) is 1.16. The zero-order valence-corrected chi connectivity index (χ0v) is 6.67. The predicted octanol–water partition coefficient (Wildman–Crippen LogP) is 1.21. The molecule has 3 nitrogen and oxygen atoms in total. The van der Waals surface area contributed by atoms with Crippen LogP contribution >= 0.6 is 0 Å². The third-order valence-corrected chi connectivity index (χ3v) is 1.92. The van der Waals surface area contributed by atoms with Gasteiger partial charge in [0.05, 0.1) is 7.11 Å². The molecule has 0 aliphatic carbocycles. The highest BCUT2D eigenvalue weighted by molar-refractivity contribution is 4.62. The summed E-state index contributed by atoms with van der Waals surface area (Å²) >= 11 is 0. The topological polar surface area (TPSA) is 21.7 Å². The van der Waals surface area contributed by atoms with Crippen LogP contribution in [0.4, 0.5) is 0 Å². The second-order valence-electron chi connectivity index (χ2n) is 2.85. The van der Waals surface area contributed by atoms with Crippen molar-refractivity contribution in [3.8, 4) is 0 Å². The van der Waals surface area contributed by atoms with E-state index in [0.29, 0.717) is 0 Å². The van der Waals surface area contributed by atoms with E-state index in [2.05, 4.69) is 11.8 Å². The predicted molar refractivity (Wildman–Crippen MR) is 38.1 cm³/mol. The Kier molecular flexibility index (Phi) is 3.12. The van der Waals surface area contributed by atoms with E-state index in [0.717, 1.165) is 19.0 Å². The van der Waals surface area contributed by atoms with Crippen LogP contribution in [0, 0.1) is 5.92 Å². The van der Waals surface area contributed by atoms with Crippen LogP contribution < -0.4 is 0 Å². The highest BCUT2D eigenvalue weighted by Crippen LogP contribution is 2.15. The summed E-state index contributed by atoms with van der Waals surface area (Å²) < 4.78 is 0. The summed E-state index contributed by atoms with van der Waals surface area (Å²) in [6.07, 6.45) is 2.42. The van der Waals surface area contributed by atoms with Crippen LogP contribution in [0.1, 0.15) is 19.8 Å². The summed E-state index contributed by atoms with van der Waals surface area (Å²) in [5, 5.41) is 1.86. The minimum atomic E-state index is 0.844. The third-order valence-electron chi connectivity index (χ3n) is 1.92. The molecule has 0 atom stereocenters. The molecular formula is C7H15NO2. The first-order valence-corrected chi connectivity index (χ1v) is 3.78. The average Bonchev–Trinajstić information content (AvgIpc) is 1.95. The Labute approximate surface area is 61.8 Å². The first-order valence-electron chi connectivity index (χ1n) is 3.78. The molecule has 60 valence electrons. The summed E-state index contributed by atoms with van der Waals surface area (Å²) in [6.45, 7) is 4.26. The van der Waals surface area contributed by atoms with E-state index < -0.39 is 0 Å². The van der Waals surface area contributed by atoms with E-state index in [-0.39, 0.29) is 0 Å². The first kappa shape index (κ1) is 7.98. The standard InChI is InChI=1S/C7H15NO2/c1-7-3-5-8(6-4-7)10-9-2/h7H,3-6H2,1-2H3. The van der Waals surface area contributed by atoms with Crippen LogP contribution in [0.25, 0.3) is 0 Å². The zero-order chi connectivity index (χ0) is 7.40. The van der Waals surface area contributed by atoms with E-state index >= 15 is 0 Å². The van der Waals surface area contributed by atoms with Crippen LogP contribution in [0.2, 0.25) is 0 Å². The highest BCUT2D eigenvalue weighted by atomic mass is 17.3. The van der Waals surface area contributed by atoms with Gasteiger partial charge in [0.15, 0.2) is 0 Å². The Morgan fingerprint density at radius 2 is 1.90 bits per heavy atom. The van der Waals surface area contributed by atoms with Crippen molar-refractivity contribution in [2.75, 3.05) is 20.2 Å². The normalized spacial score (nSPS) is 23.4. The van der Waals surface area contributed by atoms with E-state index in [4.69, 9.17) is 4.99 Å². The largest absolute Gasteiger partial charge is 0.221 e. The van der Waals surface area contributed by atoms with Gasteiger partial charge in [-0.05, 0) is 18.8 Å². The van der Waals surface area contributed by atoms with Gasteiger partial charge < -0.3 is 0 Å². The van der Waals surface area contributed by atoms with Crippen LogP contribution in [0.15, 0.2) is 0 Å². The number of hydroxylamine groups is 2. The molecule has 1 heterocycles. The molecule has 1 rings (SSSR count). The Balaban J connectivity index is 2.13. The Morgan fingerprint density at radius 3 is 2.40 bits per heavy atom. The summed E-state index contributed by atoms with van der Waals surface area (Å²) in [7, 11) is 1.54. The summed E-state index contributed by atoms with van der Waals surface area (Å²) in [5.74, 6) is 0.844. The van der Waals surface area contributed by atoms with Crippen LogP contribution in [-0.2, 0) is 9.88 Å². The lowest BCUT2D eigenvalue weighted by atomic mass is 10.0. The van der Waals surface area contributed by atoms with Gasteiger partial charge in [0, 0.05) is 13.1 Å². The quantitative estimate of drug-likeness (QED) is 0.430. The van der Waals surface area contributed by atoms with Gasteiger partial charge in [0.2, 0.25) is 0 Å². The third kappa shape index (κ3) is 2.25. The molecule has 0 spiro atoms. The van der Waals surface area contributed by atoms with E-state index in [1.807, 2.05) is 5.06 Å². The number of nitrogens with zero attached hydrogens (tertiary/aromatic N) is 1. The van der Waals surface area contributed by atoms with Crippen molar-refractivity contribution in [2.24, 2.45) is 5.92 Å². The molecule has 0 saturated carbocycles. The summed E-state index contributed by atoms with van der Waals surface area (Å²) in [4.78, 5) is 9.41. The maximum Gasteiger partial charge on any atom is 0.0733 e. The Bertz CT molecular complexity index is 89.6. The molecule has 1 saturated heterocycles. The molecule has 10 heavy (non-hydrogen) atoms. The van der Waals surface area contributed by atoms with Crippen LogP contribution in [0.3, 0.4) is 0 Å². The monoisotopic (exact) mass is 145 g/mol. The molecule has 0 bridgehead atoms. The first-order chi connectivity index (χ1) is 4.83. The van der Waals surface area contributed by atoms with Gasteiger partial charge in [-0.3, -0.25) is 0 Å². The van der Waals surface area contributed by atoms with Crippen molar-refractivity contribution < 1.29 is 9.88 Å². The lowest BCUT2D eigenvalue weighted by molar-refractivity contribution is -0.417. The van der Waals surface area contributed by atoms with Gasteiger partial charge >= 0.3 is 0 Å². The average molecular weight is 145 g/mol. The van der Waals surface area contributed by atoms with Crippen molar-refractivity contribution in [1.82, 2.24) is 5.06 Å². The van der Waals surface area contributed by atoms with Gasteiger partial charge in [-0.1, -0.05) is 6.92 Å². The van der Waals surface area contributed by atoms with E-state index in [1.54, 1.807) is 0 Å². The molecule has 0 unspecified atom stereocenters. The molecule has 1 aliphatic heterocycles. The summed E-state index contributed by atoms with van der Waals surface area (Å²) in [6, 6.07) is 0. The Hall–Kier alpha value is -0.120. The van der Waals surface area contributed by atoms with Crippen molar-refractivity contribution in [3.63, 3.8) is 0 Å². The number of hydrogen-bond acceptors (Lipinski definition) is 3. The molecule has 0 N–H and O–H groups in total. The van der Waals surface area contributed by atoms with Crippen molar-refractivity contribution in [3.05, 3.63) is 0 Å². The lowest BCUT2D eigenvalue weighted by Gasteiger charge is -2.26. The van der Waals surface area contributed by atoms with Gasteiger partial charge in [-0.15, -0.1) is 4.99 Å². The van der Waals surface area contributed by atoms with Gasteiger partial charge in [-0.25, -0.2) is 4.89 Å². The molecule has 0 aromatic rings. The zero-order valence-electron chi connectivity index (χ0n) is 6.67. The SMILES string of the molecule is COON1CCC(C)CC1.